The number of halogens is 1. The highest BCUT2D eigenvalue weighted by Crippen LogP contribution is 2.08. The van der Waals surface area contributed by atoms with Crippen LogP contribution in [0.3, 0.4) is 0 Å². The maximum absolute atomic E-state index is 13.4. The minimum atomic E-state index is -1.38. The molecule has 0 unspecified atom stereocenters. The van der Waals surface area contributed by atoms with Crippen LogP contribution in [0.1, 0.15) is 5.56 Å². The number of carboxylic acids is 1. The zero-order valence-electron chi connectivity index (χ0n) is 10.3. The molecule has 1 atom stereocenters. The van der Waals surface area contributed by atoms with Gasteiger partial charge in [0.05, 0.1) is 6.61 Å². The zero-order chi connectivity index (χ0) is 14.4. The molecule has 6 nitrogen and oxygen atoms in total. The topological polar surface area (TPSA) is 89.9 Å². The quantitative estimate of drug-likeness (QED) is 0.723. The Labute approximate surface area is 109 Å². The van der Waals surface area contributed by atoms with Crippen LogP contribution in [0.5, 0.6) is 0 Å². The number of nitrogens with one attached hydrogen (secondary N) is 1. The van der Waals surface area contributed by atoms with Gasteiger partial charge in [-0.05, 0) is 6.07 Å². The third-order valence-electron chi connectivity index (χ3n) is 2.49. The molecule has 3 N–H and O–H groups in total. The Hall–Kier alpha value is -2.15. The fraction of sp³-hybridized carbons (Fsp3) is 0.333. The Balaban J connectivity index is 2.63. The number of carbonyl (C=O) groups is 2. The lowest BCUT2D eigenvalue weighted by atomic mass is 10.2. The summed E-state index contributed by atoms with van der Waals surface area (Å²) in [7, 11) is 1.40. The summed E-state index contributed by atoms with van der Waals surface area (Å²) in [6, 6.07) is 3.89. The van der Waals surface area contributed by atoms with E-state index < -0.39 is 30.5 Å². The van der Waals surface area contributed by atoms with Gasteiger partial charge in [0.1, 0.15) is 5.82 Å². The number of nitrogens with zero attached hydrogens (tertiary/aromatic N) is 1. The fourth-order valence-electron chi connectivity index (χ4n) is 1.40. The molecule has 7 heteroatoms. The summed E-state index contributed by atoms with van der Waals surface area (Å²) in [5.74, 6) is -1.78. The van der Waals surface area contributed by atoms with Gasteiger partial charge >= 0.3 is 12.0 Å². The van der Waals surface area contributed by atoms with E-state index in [9.17, 15) is 14.0 Å². The monoisotopic (exact) mass is 270 g/mol. The van der Waals surface area contributed by atoms with Gasteiger partial charge in [-0.2, -0.15) is 0 Å². The van der Waals surface area contributed by atoms with Crippen LogP contribution in [0.2, 0.25) is 0 Å². The lowest BCUT2D eigenvalue weighted by molar-refractivity contribution is -0.140. The van der Waals surface area contributed by atoms with Gasteiger partial charge in [0.25, 0.3) is 0 Å². The highest BCUT2D eigenvalue weighted by molar-refractivity contribution is 5.82. The van der Waals surface area contributed by atoms with E-state index in [-0.39, 0.29) is 6.54 Å². The summed E-state index contributed by atoms with van der Waals surface area (Å²) >= 11 is 0. The van der Waals surface area contributed by atoms with Crippen LogP contribution in [-0.4, -0.2) is 46.8 Å². The van der Waals surface area contributed by atoms with Gasteiger partial charge < -0.3 is 20.4 Å². The second-order valence-corrected chi connectivity index (χ2v) is 3.97. The molecule has 0 aliphatic carbocycles. The van der Waals surface area contributed by atoms with Crippen molar-refractivity contribution in [2.45, 2.75) is 12.6 Å². The van der Waals surface area contributed by atoms with Crippen molar-refractivity contribution in [1.29, 1.82) is 0 Å². The number of aliphatic hydroxyl groups is 1. The molecular weight excluding hydrogens is 255 g/mol. The number of carboxylic acid groups (broad SMARTS) is 1. The predicted molar refractivity (Wildman–Crippen MR) is 64.9 cm³/mol. The highest BCUT2D eigenvalue weighted by Gasteiger charge is 2.21. The average Bonchev–Trinajstić information content (AvgIpc) is 2.37. The second-order valence-electron chi connectivity index (χ2n) is 3.97. The maximum Gasteiger partial charge on any atom is 0.328 e. The van der Waals surface area contributed by atoms with E-state index in [2.05, 4.69) is 5.32 Å². The van der Waals surface area contributed by atoms with Crippen LogP contribution in [0.4, 0.5) is 9.18 Å². The van der Waals surface area contributed by atoms with Crippen molar-refractivity contribution in [1.82, 2.24) is 10.2 Å². The summed E-state index contributed by atoms with van der Waals surface area (Å²) in [5.41, 5.74) is 0.316. The molecule has 2 amide bonds. The van der Waals surface area contributed by atoms with Gasteiger partial charge in [-0.3, -0.25) is 0 Å². The van der Waals surface area contributed by atoms with Gasteiger partial charge in [0.15, 0.2) is 6.04 Å². The Morgan fingerprint density at radius 3 is 2.58 bits per heavy atom. The van der Waals surface area contributed by atoms with Crippen molar-refractivity contribution in [3.63, 3.8) is 0 Å². The third-order valence-corrected chi connectivity index (χ3v) is 2.49. The minimum absolute atomic E-state index is 0.00370. The molecule has 0 fully saturated rings. The van der Waals surface area contributed by atoms with Gasteiger partial charge in [-0.1, -0.05) is 18.2 Å². The number of carbonyl (C=O) groups excluding carboxylic acids is 1. The van der Waals surface area contributed by atoms with Crippen molar-refractivity contribution in [3.8, 4) is 0 Å². The lowest BCUT2D eigenvalue weighted by Gasteiger charge is -2.20. The smallest absolute Gasteiger partial charge is 0.328 e. The molecule has 19 heavy (non-hydrogen) atoms. The van der Waals surface area contributed by atoms with Crippen molar-refractivity contribution in [2.24, 2.45) is 0 Å². The van der Waals surface area contributed by atoms with Crippen molar-refractivity contribution >= 4 is 12.0 Å². The van der Waals surface area contributed by atoms with Crippen LogP contribution >= 0.6 is 0 Å². The number of rotatable bonds is 5. The largest absolute Gasteiger partial charge is 0.480 e. The molecule has 0 saturated carbocycles. The molecule has 0 aliphatic rings. The van der Waals surface area contributed by atoms with Gasteiger partial charge in [-0.25, -0.2) is 14.0 Å². The Morgan fingerprint density at radius 1 is 1.42 bits per heavy atom. The van der Waals surface area contributed by atoms with Crippen LogP contribution < -0.4 is 5.32 Å². The second kappa shape index (κ2) is 6.69. The van der Waals surface area contributed by atoms with E-state index in [4.69, 9.17) is 10.2 Å². The first-order chi connectivity index (χ1) is 8.95. The van der Waals surface area contributed by atoms with Crippen molar-refractivity contribution in [2.75, 3.05) is 13.7 Å². The number of aliphatic carboxylic acids is 1. The number of urea groups is 1. The first-order valence-electron chi connectivity index (χ1n) is 5.54. The maximum atomic E-state index is 13.4. The Kier molecular flexibility index (Phi) is 5.25. The summed E-state index contributed by atoms with van der Waals surface area (Å²) in [6.45, 7) is -0.717. The van der Waals surface area contributed by atoms with E-state index in [0.29, 0.717) is 5.56 Å². The lowest BCUT2D eigenvalue weighted by Crippen LogP contribution is -2.48. The fourth-order valence-corrected chi connectivity index (χ4v) is 1.40. The summed E-state index contributed by atoms with van der Waals surface area (Å²) in [6.07, 6.45) is 0. The minimum Gasteiger partial charge on any atom is -0.480 e. The van der Waals surface area contributed by atoms with Crippen molar-refractivity contribution in [3.05, 3.63) is 35.6 Å². The third kappa shape index (κ3) is 4.22. The van der Waals surface area contributed by atoms with Crippen LogP contribution in [0.15, 0.2) is 24.3 Å². The number of hydrogen-bond acceptors (Lipinski definition) is 3. The van der Waals surface area contributed by atoms with Crippen LogP contribution in [0.25, 0.3) is 0 Å². The molecule has 104 valence electrons. The Morgan fingerprint density at radius 2 is 2.05 bits per heavy atom. The zero-order valence-corrected chi connectivity index (χ0v) is 10.3. The molecule has 0 spiro atoms. The number of benzene rings is 1. The van der Waals surface area contributed by atoms with Crippen LogP contribution in [-0.2, 0) is 11.3 Å². The van der Waals surface area contributed by atoms with E-state index >= 15 is 0 Å². The normalized spacial score (nSPS) is 11.7. The van der Waals surface area contributed by atoms with Gasteiger partial charge in [-0.15, -0.1) is 0 Å². The Bertz CT molecular complexity index is 467. The summed E-state index contributed by atoms with van der Waals surface area (Å²) in [4.78, 5) is 23.4. The molecule has 0 bridgehead atoms. The molecule has 1 rings (SSSR count). The van der Waals surface area contributed by atoms with Crippen molar-refractivity contribution < 1.29 is 24.2 Å². The van der Waals surface area contributed by atoms with Crippen LogP contribution in [0, 0.1) is 5.82 Å². The molecule has 1 aromatic rings. The number of amides is 2. The molecule has 0 aromatic heterocycles. The molecular formula is C12H15FN2O4. The molecule has 0 saturated heterocycles. The van der Waals surface area contributed by atoms with Gasteiger partial charge in [0, 0.05) is 19.2 Å². The molecule has 0 heterocycles. The average molecular weight is 270 g/mol. The first kappa shape index (κ1) is 14.9. The summed E-state index contributed by atoms with van der Waals surface area (Å²) < 4.78 is 13.4. The first-order valence-corrected chi connectivity index (χ1v) is 5.54. The van der Waals surface area contributed by atoms with E-state index in [0.717, 1.165) is 4.90 Å². The predicted octanol–water partition coefficient (Wildman–Crippen LogP) is 0.413. The van der Waals surface area contributed by atoms with E-state index in [1.54, 1.807) is 6.07 Å². The molecule has 0 aliphatic heterocycles. The number of hydrogen-bond donors (Lipinski definition) is 3. The number of aliphatic hydroxyl groups excluding tert-OH is 1. The highest BCUT2D eigenvalue weighted by atomic mass is 19.1. The van der Waals surface area contributed by atoms with Gasteiger partial charge in [0.2, 0.25) is 0 Å². The van der Waals surface area contributed by atoms with E-state index in [1.807, 2.05) is 0 Å². The summed E-state index contributed by atoms with van der Waals surface area (Å²) in [5, 5.41) is 19.6. The SMILES string of the molecule is CN(Cc1ccccc1F)C(=O)N[C@H](CO)C(=O)O. The van der Waals surface area contributed by atoms with E-state index in [1.165, 1.54) is 25.2 Å². The molecule has 1 aromatic carbocycles. The molecule has 0 radical (unpaired) electrons. The standard InChI is InChI=1S/C12H15FN2O4/c1-15(6-8-4-2-3-5-9(8)13)12(19)14-10(7-16)11(17)18/h2-5,10,16H,6-7H2,1H3,(H,14,19)(H,17,18)/t10-/m1/s1.